The van der Waals surface area contributed by atoms with Crippen molar-refractivity contribution >= 4 is 46.0 Å². The highest BCUT2D eigenvalue weighted by atomic mass is 32.2. The predicted octanol–water partition coefficient (Wildman–Crippen LogP) is 4.94. The van der Waals surface area contributed by atoms with Crippen LogP contribution in [-0.2, 0) is 34.0 Å². The lowest BCUT2D eigenvalue weighted by atomic mass is 9.79. The lowest BCUT2D eigenvalue weighted by Crippen LogP contribution is -2.63. The molecule has 3 amide bonds. The number of nitrogens with zero attached hydrogens (tertiary/aromatic N) is 3. The molecule has 0 aliphatic carbocycles. The Morgan fingerprint density at radius 2 is 1.50 bits per heavy atom. The maximum Gasteiger partial charge on any atom is 0.425 e. The number of amides is 3. The van der Waals surface area contributed by atoms with E-state index in [9.17, 15) is 32.7 Å². The number of fused-ring (bicyclic) bond motifs is 1. The van der Waals surface area contributed by atoms with Crippen molar-refractivity contribution < 1.29 is 46.9 Å². The average Bonchev–Trinajstić information content (AvgIpc) is 3.57. The lowest BCUT2D eigenvalue weighted by molar-refractivity contribution is -0.165. The average molecular weight is 787 g/mol. The van der Waals surface area contributed by atoms with Crippen LogP contribution in [-0.4, -0.2) is 99.4 Å². The van der Waals surface area contributed by atoms with Crippen molar-refractivity contribution in [1.82, 2.24) is 14.1 Å². The molecule has 5 rings (SSSR count). The molecule has 3 N–H and O–H groups in total. The summed E-state index contributed by atoms with van der Waals surface area (Å²) in [4.78, 5) is 58.0. The second-order valence-electron chi connectivity index (χ2n) is 15.9. The Morgan fingerprint density at radius 1 is 0.963 bits per heavy atom. The van der Waals surface area contributed by atoms with Gasteiger partial charge in [0, 0.05) is 22.6 Å². The Morgan fingerprint density at radius 3 is 1.98 bits per heavy atom. The summed E-state index contributed by atoms with van der Waals surface area (Å²) in [5.41, 5.74) is -0.424. The molecule has 0 aromatic heterocycles. The summed E-state index contributed by atoms with van der Waals surface area (Å²) >= 11 is 1.28. The molecule has 2 fully saturated rings. The maximum atomic E-state index is 14.4. The van der Waals surface area contributed by atoms with Crippen molar-refractivity contribution in [2.24, 2.45) is 17.0 Å². The first-order valence-corrected chi connectivity index (χ1v) is 20.2. The summed E-state index contributed by atoms with van der Waals surface area (Å²) in [6.45, 7) is 12.8. The van der Waals surface area contributed by atoms with Crippen LogP contribution in [0, 0.1) is 11.8 Å². The van der Waals surface area contributed by atoms with Gasteiger partial charge in [-0.2, -0.15) is 12.7 Å². The number of rotatable bonds is 10. The first kappa shape index (κ1) is 41.1. The number of thioether (sulfide) groups is 1. The van der Waals surface area contributed by atoms with Crippen molar-refractivity contribution in [3.63, 3.8) is 0 Å². The first-order valence-electron chi connectivity index (χ1n) is 17.8. The normalized spacial score (nSPS) is 23.5. The highest BCUT2D eigenvalue weighted by molar-refractivity contribution is 8.03. The molecule has 0 saturated carbocycles. The van der Waals surface area contributed by atoms with Gasteiger partial charge in [0.1, 0.15) is 16.9 Å². The molecule has 16 heteroatoms. The molecule has 0 spiro atoms. The standard InChI is InChI=1S/C38H50N4O10S2/c1-22-29-28(23(2)43)33(44)42(29)30(34(45)50-31(24-15-11-9-12-16-24)25-17-13-10-14-18-25)32(22)53-27-19-26(40(21-27)35(46)51-37(3,4)5)20-41(54(39,48)49)36(47)52-38(6,7)8/h9-18,22-23,26-29,31,43H,19-21H2,1-8H3,(H2,39,48,49)/t22-,23-,26+,27-,28-,29-/m1/s1. The summed E-state index contributed by atoms with van der Waals surface area (Å²) < 4.78 is 43.1. The van der Waals surface area contributed by atoms with Crippen LogP contribution in [0.25, 0.3) is 0 Å². The predicted molar refractivity (Wildman–Crippen MR) is 202 cm³/mol. The fourth-order valence-electron chi connectivity index (χ4n) is 7.06. The van der Waals surface area contributed by atoms with Gasteiger partial charge in [-0.25, -0.2) is 19.5 Å². The Balaban J connectivity index is 1.51. The minimum atomic E-state index is -4.63. The van der Waals surface area contributed by atoms with Crippen LogP contribution in [0.1, 0.15) is 79.0 Å². The van der Waals surface area contributed by atoms with Crippen molar-refractivity contribution in [1.29, 1.82) is 0 Å². The van der Waals surface area contributed by atoms with E-state index < -0.39 is 93.4 Å². The second-order valence-corrected chi connectivity index (χ2v) is 18.7. The second kappa shape index (κ2) is 15.6. The van der Waals surface area contributed by atoms with Crippen molar-refractivity contribution in [2.75, 3.05) is 13.1 Å². The van der Waals surface area contributed by atoms with E-state index in [1.165, 1.54) is 21.6 Å². The Labute approximate surface area is 321 Å². The Kier molecular flexibility index (Phi) is 11.8. The highest BCUT2D eigenvalue weighted by Gasteiger charge is 2.61. The van der Waals surface area contributed by atoms with Gasteiger partial charge in [-0.3, -0.25) is 4.79 Å². The number of aliphatic hydroxyl groups is 1. The van der Waals surface area contributed by atoms with Gasteiger partial charge in [0.15, 0.2) is 6.10 Å². The summed E-state index contributed by atoms with van der Waals surface area (Å²) in [5.74, 6) is -2.28. The van der Waals surface area contributed by atoms with E-state index in [4.69, 9.17) is 19.3 Å². The number of hydrogen-bond donors (Lipinski definition) is 2. The van der Waals surface area contributed by atoms with Crippen molar-refractivity contribution in [2.45, 2.75) is 103 Å². The van der Waals surface area contributed by atoms with Gasteiger partial charge < -0.3 is 29.1 Å². The van der Waals surface area contributed by atoms with Gasteiger partial charge in [-0.15, -0.1) is 11.8 Å². The summed E-state index contributed by atoms with van der Waals surface area (Å²) in [7, 11) is -4.63. The molecule has 3 aliphatic rings. The molecular formula is C38H50N4O10S2. The van der Waals surface area contributed by atoms with Crippen LogP contribution in [0.5, 0.6) is 0 Å². The van der Waals surface area contributed by atoms with Gasteiger partial charge >= 0.3 is 28.4 Å². The Bertz CT molecular complexity index is 1840. The lowest BCUT2D eigenvalue weighted by Gasteiger charge is -2.46. The monoisotopic (exact) mass is 786 g/mol. The zero-order valence-electron chi connectivity index (χ0n) is 31.8. The molecule has 2 aromatic rings. The van der Waals surface area contributed by atoms with E-state index in [0.717, 1.165) is 11.1 Å². The summed E-state index contributed by atoms with van der Waals surface area (Å²) in [6, 6.07) is 17.1. The van der Waals surface area contributed by atoms with Gasteiger partial charge in [0.25, 0.3) is 0 Å². The molecule has 0 unspecified atom stereocenters. The topological polar surface area (TPSA) is 186 Å². The summed E-state index contributed by atoms with van der Waals surface area (Å²) in [6.07, 6.45) is -3.54. The van der Waals surface area contributed by atoms with Gasteiger partial charge in [-0.1, -0.05) is 67.6 Å². The van der Waals surface area contributed by atoms with Crippen LogP contribution in [0.4, 0.5) is 9.59 Å². The van der Waals surface area contributed by atoms with Crippen molar-refractivity contribution in [3.8, 4) is 0 Å². The molecule has 3 heterocycles. The fraction of sp³-hybridized carbons (Fsp3) is 0.526. The van der Waals surface area contributed by atoms with Crippen LogP contribution in [0.3, 0.4) is 0 Å². The minimum absolute atomic E-state index is 0.0463. The molecule has 0 bridgehead atoms. The number of aliphatic hydroxyl groups excluding tert-OH is 1. The number of hydrogen-bond acceptors (Lipinski definition) is 11. The molecule has 0 radical (unpaired) electrons. The van der Waals surface area contributed by atoms with Gasteiger partial charge in [-0.05, 0) is 66.0 Å². The molecule has 3 aliphatic heterocycles. The SMILES string of the molecule is C[C@@H](O)[C@H]1C(=O)N2C(C(=O)OC(c3ccccc3)c3ccccc3)=C(S[C@@H]3C[C@@H](CN(C(=O)OC(C)(C)C)S(N)(=O)=O)N(C(=O)OC(C)(C)C)C3)[C@H](C)[C@H]12. The van der Waals surface area contributed by atoms with E-state index in [2.05, 4.69) is 0 Å². The minimum Gasteiger partial charge on any atom is -0.448 e. The number of β-lactam (4-membered cyclic amide) rings is 1. The molecule has 54 heavy (non-hydrogen) atoms. The third kappa shape index (κ3) is 9.04. The molecule has 2 aromatic carbocycles. The van der Waals surface area contributed by atoms with E-state index >= 15 is 0 Å². The number of likely N-dealkylation sites (tertiary alicyclic amines) is 1. The summed E-state index contributed by atoms with van der Waals surface area (Å²) in [5, 5.41) is 15.6. The first-order chi connectivity index (χ1) is 25.1. The van der Waals surface area contributed by atoms with Crippen LogP contribution in [0.15, 0.2) is 71.3 Å². The number of ether oxygens (including phenoxy) is 3. The molecular weight excluding hydrogens is 737 g/mol. The van der Waals surface area contributed by atoms with Gasteiger partial charge in [0.05, 0.1) is 30.7 Å². The van der Waals surface area contributed by atoms with E-state index in [1.54, 1.807) is 48.5 Å². The number of carbonyl (C=O) groups excluding carboxylic acids is 4. The van der Waals surface area contributed by atoms with E-state index in [1.807, 2.05) is 67.6 Å². The number of esters is 1. The van der Waals surface area contributed by atoms with Crippen LogP contribution < -0.4 is 5.14 Å². The van der Waals surface area contributed by atoms with E-state index in [-0.39, 0.29) is 18.7 Å². The Hall–Kier alpha value is -4.12. The molecule has 294 valence electrons. The maximum absolute atomic E-state index is 14.4. The molecule has 6 atom stereocenters. The molecule has 14 nitrogen and oxygen atoms in total. The van der Waals surface area contributed by atoms with E-state index in [0.29, 0.717) is 9.21 Å². The van der Waals surface area contributed by atoms with Gasteiger partial charge in [0.2, 0.25) is 5.91 Å². The third-order valence-electron chi connectivity index (χ3n) is 9.31. The number of carbonyl (C=O) groups is 4. The zero-order chi connectivity index (χ0) is 39.9. The van der Waals surface area contributed by atoms with Crippen LogP contribution in [0.2, 0.25) is 0 Å². The molecule has 2 saturated heterocycles. The third-order valence-corrected chi connectivity index (χ3v) is 11.7. The zero-order valence-corrected chi connectivity index (χ0v) is 33.4. The number of benzene rings is 2. The highest BCUT2D eigenvalue weighted by Crippen LogP contribution is 2.53. The smallest absolute Gasteiger partial charge is 0.425 e. The quantitative estimate of drug-likeness (QED) is 0.189. The van der Waals surface area contributed by atoms with Crippen LogP contribution >= 0.6 is 11.8 Å². The number of nitrogens with two attached hydrogens (primary N) is 1. The fourth-order valence-corrected chi connectivity index (χ4v) is 9.24. The van der Waals surface area contributed by atoms with Crippen molar-refractivity contribution in [3.05, 3.63) is 82.4 Å². The largest absolute Gasteiger partial charge is 0.448 e.